The zero-order chi connectivity index (χ0) is 10.1. The number of fused-ring (bicyclic) bond motifs is 1. The van der Waals surface area contributed by atoms with E-state index in [-0.39, 0.29) is 0 Å². The minimum Gasteiger partial charge on any atom is -0.454 e. The summed E-state index contributed by atoms with van der Waals surface area (Å²) in [6.45, 7) is 0.307. The van der Waals surface area contributed by atoms with E-state index < -0.39 is 0 Å². The van der Waals surface area contributed by atoms with Crippen molar-refractivity contribution in [2.45, 2.75) is 0 Å². The number of imidazole rings is 1. The maximum Gasteiger partial charge on any atom is 0.231 e. The van der Waals surface area contributed by atoms with Gasteiger partial charge in [0.05, 0.1) is 12.0 Å². The zero-order valence-corrected chi connectivity index (χ0v) is 7.93. The number of nitrogens with zero attached hydrogens (tertiary/aromatic N) is 1. The van der Waals surface area contributed by atoms with Gasteiger partial charge in [0, 0.05) is 12.6 Å². The van der Waals surface area contributed by atoms with Crippen molar-refractivity contribution in [3.05, 3.63) is 48.4 Å². The van der Waals surface area contributed by atoms with E-state index in [0.29, 0.717) is 6.79 Å². The molecule has 0 unspecified atom stereocenters. The normalized spacial score (nSPS) is 13.1. The highest BCUT2D eigenvalue weighted by atomic mass is 16.7. The second-order valence-electron chi connectivity index (χ2n) is 3.25. The summed E-state index contributed by atoms with van der Waals surface area (Å²) in [5, 5.41) is 0. The van der Waals surface area contributed by atoms with E-state index in [1.54, 1.807) is 6.33 Å². The highest BCUT2D eigenvalue weighted by molar-refractivity contribution is 5.47. The van der Waals surface area contributed by atoms with Gasteiger partial charge in [0.15, 0.2) is 11.5 Å². The molecule has 1 aromatic carbocycles. The van der Waals surface area contributed by atoms with Crippen LogP contribution in [0.5, 0.6) is 11.5 Å². The van der Waals surface area contributed by atoms with E-state index in [0.717, 1.165) is 22.8 Å². The SMILES string of the molecule is [CH](c1ccc2c(c1)OCO2)c1c[nH]cn1. The second kappa shape index (κ2) is 3.31. The Morgan fingerprint density at radius 2 is 2.20 bits per heavy atom. The fourth-order valence-corrected chi connectivity index (χ4v) is 1.52. The Hall–Kier alpha value is -1.97. The maximum atomic E-state index is 5.29. The van der Waals surface area contributed by atoms with Gasteiger partial charge >= 0.3 is 0 Å². The lowest BCUT2D eigenvalue weighted by atomic mass is 10.1. The van der Waals surface area contributed by atoms with E-state index in [4.69, 9.17) is 9.47 Å². The molecule has 0 fully saturated rings. The van der Waals surface area contributed by atoms with Crippen molar-refractivity contribution in [1.29, 1.82) is 0 Å². The van der Waals surface area contributed by atoms with Gasteiger partial charge in [-0.25, -0.2) is 4.98 Å². The average molecular weight is 201 g/mol. The van der Waals surface area contributed by atoms with Crippen molar-refractivity contribution in [2.24, 2.45) is 0 Å². The molecule has 3 rings (SSSR count). The minimum absolute atomic E-state index is 0.307. The van der Waals surface area contributed by atoms with Crippen molar-refractivity contribution >= 4 is 0 Å². The molecule has 1 aliphatic rings. The highest BCUT2D eigenvalue weighted by Gasteiger charge is 2.13. The number of aromatic nitrogens is 2. The summed E-state index contributed by atoms with van der Waals surface area (Å²) in [4.78, 5) is 7.03. The first-order valence-corrected chi connectivity index (χ1v) is 4.65. The number of rotatable bonds is 2. The van der Waals surface area contributed by atoms with Gasteiger partial charge in [0.2, 0.25) is 6.79 Å². The smallest absolute Gasteiger partial charge is 0.231 e. The third-order valence-corrected chi connectivity index (χ3v) is 2.23. The van der Waals surface area contributed by atoms with Gasteiger partial charge in [-0.3, -0.25) is 0 Å². The topological polar surface area (TPSA) is 47.1 Å². The molecule has 0 saturated heterocycles. The fourth-order valence-electron chi connectivity index (χ4n) is 1.52. The lowest BCUT2D eigenvalue weighted by molar-refractivity contribution is 0.174. The predicted molar refractivity (Wildman–Crippen MR) is 53.7 cm³/mol. The average Bonchev–Trinajstić information content (AvgIpc) is 2.87. The summed E-state index contributed by atoms with van der Waals surface area (Å²) < 4.78 is 10.5. The number of ether oxygens (including phenoxy) is 2. The molecule has 1 aliphatic heterocycles. The van der Waals surface area contributed by atoms with Crippen LogP contribution in [0.15, 0.2) is 30.7 Å². The van der Waals surface area contributed by atoms with Crippen LogP contribution in [0.2, 0.25) is 0 Å². The number of aromatic amines is 1. The third-order valence-electron chi connectivity index (χ3n) is 2.23. The molecule has 4 nitrogen and oxygen atoms in total. The molecule has 15 heavy (non-hydrogen) atoms. The first-order valence-electron chi connectivity index (χ1n) is 4.65. The van der Waals surface area contributed by atoms with Gasteiger partial charge in [0.1, 0.15) is 0 Å². The van der Waals surface area contributed by atoms with E-state index in [1.165, 1.54) is 0 Å². The molecule has 2 aromatic rings. The van der Waals surface area contributed by atoms with Gasteiger partial charge in [-0.2, -0.15) is 0 Å². The second-order valence-corrected chi connectivity index (χ2v) is 3.25. The molecule has 0 aliphatic carbocycles. The molecule has 0 atom stereocenters. The zero-order valence-electron chi connectivity index (χ0n) is 7.93. The molecular formula is C11H9N2O2. The number of hydrogen-bond acceptors (Lipinski definition) is 3. The van der Waals surface area contributed by atoms with Crippen molar-refractivity contribution in [2.75, 3.05) is 6.79 Å². The summed E-state index contributed by atoms with van der Waals surface area (Å²) in [6.07, 6.45) is 5.46. The molecule has 0 bridgehead atoms. The molecule has 0 spiro atoms. The van der Waals surface area contributed by atoms with Crippen molar-refractivity contribution < 1.29 is 9.47 Å². The Morgan fingerprint density at radius 1 is 1.27 bits per heavy atom. The predicted octanol–water partition coefficient (Wildman–Crippen LogP) is 1.74. The van der Waals surface area contributed by atoms with Crippen LogP contribution in [0.3, 0.4) is 0 Å². The molecule has 4 heteroatoms. The van der Waals surface area contributed by atoms with E-state index in [2.05, 4.69) is 9.97 Å². The number of hydrogen-bond donors (Lipinski definition) is 1. The number of nitrogens with one attached hydrogen (secondary N) is 1. The minimum atomic E-state index is 0.307. The third kappa shape index (κ3) is 1.54. The van der Waals surface area contributed by atoms with Crippen LogP contribution in [0.1, 0.15) is 11.3 Å². The van der Waals surface area contributed by atoms with E-state index in [1.807, 2.05) is 30.8 Å². The summed E-state index contributed by atoms with van der Waals surface area (Å²) in [5.41, 5.74) is 1.94. The van der Waals surface area contributed by atoms with E-state index >= 15 is 0 Å². The van der Waals surface area contributed by atoms with Crippen LogP contribution in [0.25, 0.3) is 0 Å². The van der Waals surface area contributed by atoms with Crippen LogP contribution < -0.4 is 9.47 Å². The Bertz CT molecular complexity index is 465. The molecule has 75 valence electrons. The number of H-pyrrole nitrogens is 1. The van der Waals surface area contributed by atoms with E-state index in [9.17, 15) is 0 Å². The quantitative estimate of drug-likeness (QED) is 0.805. The Labute approximate surface area is 86.9 Å². The van der Waals surface area contributed by atoms with Crippen molar-refractivity contribution in [1.82, 2.24) is 9.97 Å². The highest BCUT2D eigenvalue weighted by Crippen LogP contribution is 2.33. The lowest BCUT2D eigenvalue weighted by Gasteiger charge is -2.00. The molecule has 1 N–H and O–H groups in total. The molecule has 2 heterocycles. The van der Waals surface area contributed by atoms with Gasteiger partial charge < -0.3 is 14.5 Å². The van der Waals surface area contributed by atoms with Crippen LogP contribution >= 0.6 is 0 Å². The summed E-state index contributed by atoms with van der Waals surface area (Å²) in [6, 6.07) is 5.82. The van der Waals surface area contributed by atoms with Gasteiger partial charge in [-0.05, 0) is 17.7 Å². The molecular weight excluding hydrogens is 192 g/mol. The first-order chi connectivity index (χ1) is 7.42. The van der Waals surface area contributed by atoms with Crippen LogP contribution in [0.4, 0.5) is 0 Å². The Balaban J connectivity index is 1.87. The Morgan fingerprint density at radius 3 is 3.07 bits per heavy atom. The molecule has 0 saturated carbocycles. The molecule has 1 radical (unpaired) electrons. The van der Waals surface area contributed by atoms with Crippen molar-refractivity contribution in [3.63, 3.8) is 0 Å². The molecule has 0 amide bonds. The van der Waals surface area contributed by atoms with Gasteiger partial charge in [-0.1, -0.05) is 6.07 Å². The first kappa shape index (κ1) is 8.35. The lowest BCUT2D eigenvalue weighted by Crippen LogP contribution is -1.92. The van der Waals surface area contributed by atoms with Crippen LogP contribution in [-0.4, -0.2) is 16.8 Å². The fraction of sp³-hybridized carbons (Fsp3) is 0.0909. The monoisotopic (exact) mass is 201 g/mol. The number of benzene rings is 1. The standard InChI is InChI=1S/C11H9N2O2/c1-2-10-11(15-7-14-10)4-8(1)3-9-5-12-6-13-9/h1-6H,7H2,(H,12,13). The Kier molecular flexibility index (Phi) is 1.84. The van der Waals surface area contributed by atoms with Gasteiger partial charge in [0.25, 0.3) is 0 Å². The summed E-state index contributed by atoms with van der Waals surface area (Å²) in [5.74, 6) is 1.59. The van der Waals surface area contributed by atoms with Gasteiger partial charge in [-0.15, -0.1) is 0 Å². The summed E-state index contributed by atoms with van der Waals surface area (Å²) >= 11 is 0. The van der Waals surface area contributed by atoms with Crippen LogP contribution in [-0.2, 0) is 0 Å². The van der Waals surface area contributed by atoms with Crippen LogP contribution in [0, 0.1) is 6.42 Å². The maximum absolute atomic E-state index is 5.29. The molecule has 1 aromatic heterocycles. The van der Waals surface area contributed by atoms with Crippen molar-refractivity contribution in [3.8, 4) is 11.5 Å². The largest absolute Gasteiger partial charge is 0.454 e. The summed E-state index contributed by atoms with van der Waals surface area (Å²) in [7, 11) is 0.